The van der Waals surface area contributed by atoms with Gasteiger partial charge in [0.05, 0.1) is 7.11 Å². The van der Waals surface area contributed by atoms with Crippen molar-refractivity contribution in [3.8, 4) is 11.5 Å². The van der Waals surface area contributed by atoms with Crippen molar-refractivity contribution in [3.05, 3.63) is 23.8 Å². The lowest BCUT2D eigenvalue weighted by molar-refractivity contribution is -0.139. The second-order valence-electron chi connectivity index (χ2n) is 3.75. The number of benzene rings is 1. The minimum Gasteiger partial charge on any atom is -0.493 e. The summed E-state index contributed by atoms with van der Waals surface area (Å²) in [5.41, 5.74) is 1.12. The summed E-state index contributed by atoms with van der Waals surface area (Å²) in [6, 6.07) is 5.50. The Morgan fingerprint density at radius 1 is 1.38 bits per heavy atom. The van der Waals surface area contributed by atoms with Gasteiger partial charge in [-0.3, -0.25) is 0 Å². The molecule has 0 saturated heterocycles. The quantitative estimate of drug-likeness (QED) is 0.833. The lowest BCUT2D eigenvalue weighted by Crippen LogP contribution is -2.10. The standard InChI is InChI=1S/C12H16O4/c1-8(2)9-4-5-10(11(6-9)15-3)16-7-12(13)14/h4-6,8H,7H2,1-3H3,(H,13,14). The largest absolute Gasteiger partial charge is 0.493 e. The maximum absolute atomic E-state index is 10.4. The Hall–Kier alpha value is -1.71. The summed E-state index contributed by atoms with van der Waals surface area (Å²) in [6.07, 6.45) is 0. The van der Waals surface area contributed by atoms with Gasteiger partial charge in [-0.25, -0.2) is 4.79 Å². The van der Waals surface area contributed by atoms with E-state index >= 15 is 0 Å². The van der Waals surface area contributed by atoms with Gasteiger partial charge in [-0.1, -0.05) is 19.9 Å². The number of carboxylic acid groups (broad SMARTS) is 1. The summed E-state index contributed by atoms with van der Waals surface area (Å²) in [4.78, 5) is 10.4. The predicted molar refractivity (Wildman–Crippen MR) is 60.2 cm³/mol. The van der Waals surface area contributed by atoms with Crippen molar-refractivity contribution >= 4 is 5.97 Å². The third kappa shape index (κ3) is 3.15. The van der Waals surface area contributed by atoms with Gasteiger partial charge >= 0.3 is 5.97 Å². The van der Waals surface area contributed by atoms with Crippen LogP contribution in [0, 0.1) is 0 Å². The molecule has 4 heteroatoms. The average molecular weight is 224 g/mol. The molecule has 0 aromatic heterocycles. The van der Waals surface area contributed by atoms with Crippen LogP contribution in [0.1, 0.15) is 25.3 Å². The van der Waals surface area contributed by atoms with Crippen molar-refractivity contribution in [1.82, 2.24) is 0 Å². The van der Waals surface area contributed by atoms with E-state index in [9.17, 15) is 4.79 Å². The summed E-state index contributed by atoms with van der Waals surface area (Å²) < 4.78 is 10.3. The Bertz CT molecular complexity index is 371. The molecular weight excluding hydrogens is 208 g/mol. The molecule has 0 unspecified atom stereocenters. The number of carboxylic acids is 1. The summed E-state index contributed by atoms with van der Waals surface area (Å²) in [5, 5.41) is 8.52. The Balaban J connectivity index is 2.88. The number of ether oxygens (including phenoxy) is 2. The number of rotatable bonds is 5. The van der Waals surface area contributed by atoms with Gasteiger partial charge in [-0.05, 0) is 23.6 Å². The zero-order chi connectivity index (χ0) is 12.1. The number of aliphatic carboxylic acids is 1. The molecule has 0 amide bonds. The SMILES string of the molecule is COc1cc(C(C)C)ccc1OCC(=O)O. The third-order valence-electron chi connectivity index (χ3n) is 2.21. The Labute approximate surface area is 94.8 Å². The normalized spacial score (nSPS) is 10.2. The first-order valence-electron chi connectivity index (χ1n) is 5.07. The first-order chi connectivity index (χ1) is 7.54. The van der Waals surface area contributed by atoms with Crippen LogP contribution in [0.2, 0.25) is 0 Å². The molecule has 1 rings (SSSR count). The Morgan fingerprint density at radius 3 is 2.56 bits per heavy atom. The number of methoxy groups -OCH3 is 1. The fraction of sp³-hybridized carbons (Fsp3) is 0.417. The molecule has 0 bridgehead atoms. The van der Waals surface area contributed by atoms with E-state index in [0.29, 0.717) is 17.4 Å². The van der Waals surface area contributed by atoms with Gasteiger partial charge in [-0.2, -0.15) is 0 Å². The van der Waals surface area contributed by atoms with Gasteiger partial charge in [0.25, 0.3) is 0 Å². The van der Waals surface area contributed by atoms with E-state index in [4.69, 9.17) is 14.6 Å². The van der Waals surface area contributed by atoms with Crippen LogP contribution < -0.4 is 9.47 Å². The first kappa shape index (κ1) is 12.4. The van der Waals surface area contributed by atoms with Gasteiger partial charge in [-0.15, -0.1) is 0 Å². The molecule has 0 spiro atoms. The fourth-order valence-corrected chi connectivity index (χ4v) is 1.30. The Kier molecular flexibility index (Phi) is 4.17. The van der Waals surface area contributed by atoms with Crippen LogP contribution in [0.4, 0.5) is 0 Å². The van der Waals surface area contributed by atoms with Crippen LogP contribution in [0.5, 0.6) is 11.5 Å². The molecule has 0 heterocycles. The van der Waals surface area contributed by atoms with E-state index < -0.39 is 5.97 Å². The molecular formula is C12H16O4. The maximum atomic E-state index is 10.4. The molecule has 0 atom stereocenters. The topological polar surface area (TPSA) is 55.8 Å². The number of carbonyl (C=O) groups is 1. The minimum atomic E-state index is -1.00. The second kappa shape index (κ2) is 5.39. The molecule has 1 aromatic carbocycles. The molecule has 0 radical (unpaired) electrons. The van der Waals surface area contributed by atoms with Gasteiger partial charge < -0.3 is 14.6 Å². The predicted octanol–water partition coefficient (Wildman–Crippen LogP) is 2.28. The van der Waals surface area contributed by atoms with Crippen LogP contribution >= 0.6 is 0 Å². The van der Waals surface area contributed by atoms with Gasteiger partial charge in [0, 0.05) is 0 Å². The van der Waals surface area contributed by atoms with E-state index in [0.717, 1.165) is 5.56 Å². The first-order valence-corrected chi connectivity index (χ1v) is 5.07. The maximum Gasteiger partial charge on any atom is 0.341 e. The molecule has 4 nitrogen and oxygen atoms in total. The van der Waals surface area contributed by atoms with Gasteiger partial charge in [0.2, 0.25) is 0 Å². The summed E-state index contributed by atoms with van der Waals surface area (Å²) in [6.45, 7) is 3.79. The van der Waals surface area contributed by atoms with Crippen molar-refractivity contribution in [1.29, 1.82) is 0 Å². The van der Waals surface area contributed by atoms with E-state index in [-0.39, 0.29) is 6.61 Å². The Morgan fingerprint density at radius 2 is 2.06 bits per heavy atom. The van der Waals surface area contributed by atoms with E-state index in [2.05, 4.69) is 13.8 Å². The monoisotopic (exact) mass is 224 g/mol. The number of hydrogen-bond donors (Lipinski definition) is 1. The zero-order valence-corrected chi connectivity index (χ0v) is 9.69. The van der Waals surface area contributed by atoms with E-state index in [1.54, 1.807) is 6.07 Å². The third-order valence-corrected chi connectivity index (χ3v) is 2.21. The van der Waals surface area contributed by atoms with Crippen LogP contribution in [-0.4, -0.2) is 24.8 Å². The molecule has 0 saturated carbocycles. The van der Waals surface area contributed by atoms with Crippen LogP contribution in [-0.2, 0) is 4.79 Å². The highest BCUT2D eigenvalue weighted by atomic mass is 16.5. The highest BCUT2D eigenvalue weighted by Crippen LogP contribution is 2.30. The molecule has 0 fully saturated rings. The molecule has 0 aliphatic rings. The zero-order valence-electron chi connectivity index (χ0n) is 9.69. The number of hydrogen-bond acceptors (Lipinski definition) is 3. The second-order valence-corrected chi connectivity index (χ2v) is 3.75. The smallest absolute Gasteiger partial charge is 0.341 e. The summed E-state index contributed by atoms with van der Waals surface area (Å²) >= 11 is 0. The van der Waals surface area contributed by atoms with Crippen LogP contribution in [0.15, 0.2) is 18.2 Å². The molecule has 1 aromatic rings. The van der Waals surface area contributed by atoms with Crippen molar-refractivity contribution in [2.75, 3.05) is 13.7 Å². The van der Waals surface area contributed by atoms with Crippen molar-refractivity contribution in [2.45, 2.75) is 19.8 Å². The van der Waals surface area contributed by atoms with Gasteiger partial charge in [0.15, 0.2) is 18.1 Å². The average Bonchev–Trinajstić information content (AvgIpc) is 2.25. The lowest BCUT2D eigenvalue weighted by atomic mass is 10.0. The summed E-state index contributed by atoms with van der Waals surface area (Å²) in [7, 11) is 1.53. The molecule has 0 aliphatic heterocycles. The molecule has 0 aliphatic carbocycles. The lowest BCUT2D eigenvalue weighted by Gasteiger charge is -2.12. The van der Waals surface area contributed by atoms with Crippen molar-refractivity contribution < 1.29 is 19.4 Å². The van der Waals surface area contributed by atoms with Crippen LogP contribution in [0.25, 0.3) is 0 Å². The van der Waals surface area contributed by atoms with Crippen molar-refractivity contribution in [2.24, 2.45) is 0 Å². The molecule has 16 heavy (non-hydrogen) atoms. The van der Waals surface area contributed by atoms with E-state index in [1.807, 2.05) is 12.1 Å². The molecule has 1 N–H and O–H groups in total. The van der Waals surface area contributed by atoms with E-state index in [1.165, 1.54) is 7.11 Å². The van der Waals surface area contributed by atoms with Crippen molar-refractivity contribution in [3.63, 3.8) is 0 Å². The van der Waals surface area contributed by atoms with Crippen LogP contribution in [0.3, 0.4) is 0 Å². The summed E-state index contributed by atoms with van der Waals surface area (Å²) in [5.74, 6) is 0.402. The molecule has 88 valence electrons. The highest BCUT2D eigenvalue weighted by molar-refractivity contribution is 5.68. The van der Waals surface area contributed by atoms with Gasteiger partial charge in [0.1, 0.15) is 0 Å². The fourth-order valence-electron chi connectivity index (χ4n) is 1.30. The minimum absolute atomic E-state index is 0.364. The highest BCUT2D eigenvalue weighted by Gasteiger charge is 2.09.